The van der Waals surface area contributed by atoms with Gasteiger partial charge in [0, 0.05) is 5.56 Å². The van der Waals surface area contributed by atoms with Gasteiger partial charge < -0.3 is 10.8 Å². The summed E-state index contributed by atoms with van der Waals surface area (Å²) in [5.41, 5.74) is 6.51. The summed E-state index contributed by atoms with van der Waals surface area (Å²) in [6.07, 6.45) is 0.686. The minimum Gasteiger partial charge on any atom is -0.481 e. The van der Waals surface area contributed by atoms with Gasteiger partial charge in [0.05, 0.1) is 5.92 Å². The molecule has 1 aliphatic rings. The maximum Gasteiger partial charge on any atom is 0.307 e. The Kier molecular flexibility index (Phi) is 2.19. The molecule has 0 unspecified atom stereocenters. The molecule has 1 fully saturated rings. The van der Waals surface area contributed by atoms with E-state index in [2.05, 4.69) is 0 Å². The first-order valence-corrected chi connectivity index (χ1v) is 4.72. The van der Waals surface area contributed by atoms with Gasteiger partial charge in [0.25, 0.3) is 0 Å². The van der Waals surface area contributed by atoms with Crippen molar-refractivity contribution in [3.8, 4) is 0 Å². The number of nitrogens with two attached hydrogens (primary N) is 1. The van der Waals surface area contributed by atoms with E-state index >= 15 is 0 Å². The summed E-state index contributed by atoms with van der Waals surface area (Å²) in [4.78, 5) is 21.4. The summed E-state index contributed by atoms with van der Waals surface area (Å²) < 4.78 is 0. The molecule has 4 nitrogen and oxygen atoms in total. The zero-order valence-electron chi connectivity index (χ0n) is 8.01. The van der Waals surface area contributed by atoms with Gasteiger partial charge in [-0.25, -0.2) is 0 Å². The highest BCUT2D eigenvalue weighted by Crippen LogP contribution is 2.47. The van der Waals surface area contributed by atoms with Crippen LogP contribution in [0.1, 0.15) is 28.3 Å². The molecular weight excluding hydrogens is 194 g/mol. The van der Waals surface area contributed by atoms with E-state index in [4.69, 9.17) is 10.8 Å². The number of primary amides is 1. The van der Waals surface area contributed by atoms with Gasteiger partial charge in [-0.2, -0.15) is 0 Å². The third kappa shape index (κ3) is 1.83. The number of rotatable bonds is 3. The fraction of sp³-hybridized carbons (Fsp3) is 0.273. The molecule has 1 aliphatic carbocycles. The Hall–Kier alpha value is -1.84. The second kappa shape index (κ2) is 3.38. The standard InChI is InChI=1S/C11H11NO3/c12-10(13)7-3-1-6(2-4-7)8-5-9(8)11(14)15/h1-4,8-9H,5H2,(H2,12,13)(H,14,15)/t8-,9+/m1/s1. The van der Waals surface area contributed by atoms with Crippen LogP contribution in [0.5, 0.6) is 0 Å². The van der Waals surface area contributed by atoms with Crippen molar-refractivity contribution in [2.24, 2.45) is 11.7 Å². The Balaban J connectivity index is 2.12. The van der Waals surface area contributed by atoms with E-state index in [9.17, 15) is 9.59 Å². The predicted octanol–water partition coefficient (Wildman–Crippen LogP) is 0.974. The molecule has 0 spiro atoms. The van der Waals surface area contributed by atoms with E-state index in [1.165, 1.54) is 0 Å². The Bertz CT molecular complexity index is 410. The number of carboxylic acids is 1. The van der Waals surface area contributed by atoms with Gasteiger partial charge >= 0.3 is 5.97 Å². The Morgan fingerprint density at radius 2 is 1.87 bits per heavy atom. The van der Waals surface area contributed by atoms with Crippen LogP contribution in [0, 0.1) is 5.92 Å². The number of carboxylic acid groups (broad SMARTS) is 1. The van der Waals surface area contributed by atoms with Gasteiger partial charge in [-0.15, -0.1) is 0 Å². The summed E-state index contributed by atoms with van der Waals surface area (Å²) >= 11 is 0. The molecule has 0 aromatic heterocycles. The quantitative estimate of drug-likeness (QED) is 0.771. The topological polar surface area (TPSA) is 80.4 Å². The average Bonchev–Trinajstić information content (AvgIpc) is 2.97. The van der Waals surface area contributed by atoms with E-state index < -0.39 is 11.9 Å². The third-order valence-electron chi connectivity index (χ3n) is 2.73. The molecule has 3 N–H and O–H groups in total. The molecule has 0 heterocycles. The SMILES string of the molecule is NC(=O)c1ccc([C@H]2C[C@@H]2C(=O)O)cc1. The minimum atomic E-state index is -0.751. The van der Waals surface area contributed by atoms with Crippen molar-refractivity contribution in [3.63, 3.8) is 0 Å². The molecule has 1 amide bonds. The molecule has 78 valence electrons. The van der Waals surface area contributed by atoms with Crippen molar-refractivity contribution in [1.82, 2.24) is 0 Å². The van der Waals surface area contributed by atoms with E-state index in [0.717, 1.165) is 5.56 Å². The first kappa shape index (κ1) is 9.71. The number of carbonyl (C=O) groups is 2. The molecule has 4 heteroatoms. The van der Waals surface area contributed by atoms with Crippen molar-refractivity contribution in [3.05, 3.63) is 35.4 Å². The Labute approximate surface area is 86.7 Å². The van der Waals surface area contributed by atoms with Gasteiger partial charge in [-0.3, -0.25) is 9.59 Å². The van der Waals surface area contributed by atoms with Gasteiger partial charge in [0.1, 0.15) is 0 Å². The highest BCUT2D eigenvalue weighted by atomic mass is 16.4. The molecule has 1 aromatic carbocycles. The zero-order valence-corrected chi connectivity index (χ0v) is 8.01. The molecule has 15 heavy (non-hydrogen) atoms. The van der Waals surface area contributed by atoms with Crippen molar-refractivity contribution in [1.29, 1.82) is 0 Å². The summed E-state index contributed by atoms with van der Waals surface area (Å²) in [5.74, 6) is -1.38. The fourth-order valence-electron chi connectivity index (χ4n) is 1.73. The zero-order chi connectivity index (χ0) is 11.0. The van der Waals surface area contributed by atoms with E-state index in [1.807, 2.05) is 0 Å². The average molecular weight is 205 g/mol. The largest absolute Gasteiger partial charge is 0.481 e. The Morgan fingerprint density at radius 3 is 2.27 bits per heavy atom. The van der Waals surface area contributed by atoms with Crippen LogP contribution in [0.25, 0.3) is 0 Å². The molecule has 0 aliphatic heterocycles. The van der Waals surface area contributed by atoms with E-state index in [1.54, 1.807) is 24.3 Å². The van der Waals surface area contributed by atoms with Crippen molar-refractivity contribution in [2.45, 2.75) is 12.3 Å². The van der Waals surface area contributed by atoms with Crippen LogP contribution in [0.15, 0.2) is 24.3 Å². The van der Waals surface area contributed by atoms with Crippen LogP contribution in [0.3, 0.4) is 0 Å². The van der Waals surface area contributed by atoms with Crippen LogP contribution in [-0.2, 0) is 4.79 Å². The van der Waals surface area contributed by atoms with E-state index in [-0.39, 0.29) is 11.8 Å². The third-order valence-corrected chi connectivity index (χ3v) is 2.73. The molecule has 2 rings (SSSR count). The van der Waals surface area contributed by atoms with E-state index in [0.29, 0.717) is 12.0 Å². The van der Waals surface area contributed by atoms with Crippen molar-refractivity contribution >= 4 is 11.9 Å². The van der Waals surface area contributed by atoms with Crippen molar-refractivity contribution < 1.29 is 14.7 Å². The molecule has 0 saturated heterocycles. The van der Waals surface area contributed by atoms with Gasteiger partial charge in [0.2, 0.25) is 5.91 Å². The molecule has 0 radical (unpaired) electrons. The molecular formula is C11H11NO3. The number of carbonyl (C=O) groups excluding carboxylic acids is 1. The first-order chi connectivity index (χ1) is 7.09. The lowest BCUT2D eigenvalue weighted by molar-refractivity contribution is -0.138. The minimum absolute atomic E-state index is 0.101. The first-order valence-electron chi connectivity index (χ1n) is 4.72. The molecule has 2 atom stereocenters. The second-order valence-corrected chi connectivity index (χ2v) is 3.77. The lowest BCUT2D eigenvalue weighted by atomic mass is 10.1. The Morgan fingerprint density at radius 1 is 1.27 bits per heavy atom. The summed E-state index contributed by atoms with van der Waals surface area (Å²) in [6, 6.07) is 6.81. The molecule has 0 bridgehead atoms. The van der Waals surface area contributed by atoms with Gasteiger partial charge in [0.15, 0.2) is 0 Å². The maximum atomic E-state index is 10.8. The number of benzene rings is 1. The van der Waals surface area contributed by atoms with Crippen LogP contribution in [-0.4, -0.2) is 17.0 Å². The number of aliphatic carboxylic acids is 1. The maximum absolute atomic E-state index is 10.8. The predicted molar refractivity (Wildman–Crippen MR) is 53.4 cm³/mol. The number of amides is 1. The summed E-state index contributed by atoms with van der Waals surface area (Å²) in [5, 5.41) is 8.75. The van der Waals surface area contributed by atoms with Gasteiger partial charge in [-0.1, -0.05) is 12.1 Å². The lowest BCUT2D eigenvalue weighted by Crippen LogP contribution is -2.10. The molecule has 1 saturated carbocycles. The van der Waals surface area contributed by atoms with Crippen LogP contribution in [0.4, 0.5) is 0 Å². The van der Waals surface area contributed by atoms with Crippen LogP contribution in [0.2, 0.25) is 0 Å². The normalized spacial score (nSPS) is 23.5. The number of hydrogen-bond donors (Lipinski definition) is 2. The fourth-order valence-corrected chi connectivity index (χ4v) is 1.73. The molecule has 1 aromatic rings. The highest BCUT2D eigenvalue weighted by Gasteiger charge is 2.43. The van der Waals surface area contributed by atoms with Crippen molar-refractivity contribution in [2.75, 3.05) is 0 Å². The lowest BCUT2D eigenvalue weighted by Gasteiger charge is -1.99. The second-order valence-electron chi connectivity index (χ2n) is 3.77. The highest BCUT2D eigenvalue weighted by molar-refractivity contribution is 5.92. The monoisotopic (exact) mass is 205 g/mol. The van der Waals surface area contributed by atoms with Crippen LogP contribution >= 0.6 is 0 Å². The van der Waals surface area contributed by atoms with Gasteiger partial charge in [-0.05, 0) is 30.0 Å². The summed E-state index contributed by atoms with van der Waals surface area (Å²) in [7, 11) is 0. The smallest absolute Gasteiger partial charge is 0.307 e. The number of hydrogen-bond acceptors (Lipinski definition) is 2. The summed E-state index contributed by atoms with van der Waals surface area (Å²) in [6.45, 7) is 0. The van der Waals surface area contributed by atoms with Crippen LogP contribution < -0.4 is 5.73 Å².